The first kappa shape index (κ1) is 25.1. The minimum absolute atomic E-state index is 0.0555. The van der Waals surface area contributed by atoms with Crippen molar-refractivity contribution in [3.63, 3.8) is 0 Å². The zero-order valence-electron chi connectivity index (χ0n) is 19.6. The van der Waals surface area contributed by atoms with E-state index in [4.69, 9.17) is 0 Å². The van der Waals surface area contributed by atoms with Crippen LogP contribution in [0.2, 0.25) is 0 Å². The fraction of sp³-hybridized carbons (Fsp3) is 0.481. The molecule has 2 aromatic rings. The van der Waals surface area contributed by atoms with Gasteiger partial charge in [0.25, 0.3) is 0 Å². The van der Waals surface area contributed by atoms with E-state index in [9.17, 15) is 27.9 Å². The highest BCUT2D eigenvalue weighted by Gasteiger charge is 2.33. The van der Waals surface area contributed by atoms with Crippen LogP contribution in [0.15, 0.2) is 48.5 Å². The van der Waals surface area contributed by atoms with E-state index in [1.165, 1.54) is 12.1 Å². The Labute approximate surface area is 203 Å². The molecule has 1 aliphatic carbocycles. The predicted molar refractivity (Wildman–Crippen MR) is 127 cm³/mol. The number of aryl methyl sites for hydroxylation is 1. The molecular formula is C27H31F3N2O3. The third-order valence-corrected chi connectivity index (χ3v) is 7.44. The number of nitrogens with zero attached hydrogens (tertiary/aromatic N) is 1. The lowest BCUT2D eigenvalue weighted by molar-refractivity contribution is -0.137. The zero-order chi connectivity index (χ0) is 25.0. The number of piperidine rings is 1. The van der Waals surface area contributed by atoms with Crippen molar-refractivity contribution in [3.05, 3.63) is 65.2 Å². The SMILES string of the molecule is O=C(O)c1ccccc1CC[C@@H]1CCC[C@@H]1NC(=O)C1CCN(c2ccc(C(F)(F)F)cc2)CC1. The number of carbonyl (C=O) groups is 2. The van der Waals surface area contributed by atoms with E-state index in [0.717, 1.165) is 49.1 Å². The van der Waals surface area contributed by atoms with Crippen LogP contribution in [0, 0.1) is 11.8 Å². The van der Waals surface area contributed by atoms with E-state index in [-0.39, 0.29) is 17.9 Å². The number of carbonyl (C=O) groups excluding carboxylic acids is 1. The number of benzene rings is 2. The molecule has 4 rings (SSSR count). The molecule has 2 atom stereocenters. The van der Waals surface area contributed by atoms with Crippen LogP contribution in [0.25, 0.3) is 0 Å². The number of nitrogens with one attached hydrogen (secondary N) is 1. The summed E-state index contributed by atoms with van der Waals surface area (Å²) < 4.78 is 38.4. The standard InChI is InChI=1S/C27H31F3N2O3/c28-27(29,30)21-10-12-22(13-11-21)32-16-14-20(15-17-32)25(33)31-24-7-3-5-19(24)9-8-18-4-1-2-6-23(18)26(34)35/h1-2,4,6,10-13,19-20,24H,3,5,7-9,14-17H2,(H,31,33)(H,34,35)/t19-,24-/m0/s1. The molecule has 0 spiro atoms. The van der Waals surface area contributed by atoms with E-state index >= 15 is 0 Å². The van der Waals surface area contributed by atoms with Crippen LogP contribution in [-0.2, 0) is 17.4 Å². The number of carboxylic acids is 1. The third-order valence-electron chi connectivity index (χ3n) is 7.44. The number of anilines is 1. The van der Waals surface area contributed by atoms with Gasteiger partial charge in [-0.15, -0.1) is 0 Å². The highest BCUT2D eigenvalue weighted by molar-refractivity contribution is 5.89. The zero-order valence-corrected chi connectivity index (χ0v) is 19.6. The molecule has 0 unspecified atom stereocenters. The summed E-state index contributed by atoms with van der Waals surface area (Å²) in [6.45, 7) is 1.26. The maximum atomic E-state index is 13.0. The molecule has 1 aliphatic heterocycles. The van der Waals surface area contributed by atoms with Crippen LogP contribution in [0.1, 0.15) is 60.0 Å². The lowest BCUT2D eigenvalue weighted by atomic mass is 9.91. The van der Waals surface area contributed by atoms with Crippen LogP contribution in [0.3, 0.4) is 0 Å². The van der Waals surface area contributed by atoms with Crippen molar-refractivity contribution in [2.75, 3.05) is 18.0 Å². The van der Waals surface area contributed by atoms with Gasteiger partial charge in [0.05, 0.1) is 11.1 Å². The van der Waals surface area contributed by atoms with Gasteiger partial charge in [-0.25, -0.2) is 4.79 Å². The Bertz CT molecular complexity index is 1030. The Balaban J connectivity index is 1.27. The van der Waals surface area contributed by atoms with Crippen LogP contribution in [-0.4, -0.2) is 36.1 Å². The van der Waals surface area contributed by atoms with E-state index in [0.29, 0.717) is 43.8 Å². The van der Waals surface area contributed by atoms with Crippen molar-refractivity contribution < 1.29 is 27.9 Å². The van der Waals surface area contributed by atoms with E-state index in [1.54, 1.807) is 12.1 Å². The minimum Gasteiger partial charge on any atom is -0.478 e. The number of hydrogen-bond acceptors (Lipinski definition) is 3. The summed E-state index contributed by atoms with van der Waals surface area (Å²) in [4.78, 5) is 26.5. The summed E-state index contributed by atoms with van der Waals surface area (Å²) in [6.07, 6.45) is 1.48. The molecule has 1 saturated heterocycles. The molecule has 0 radical (unpaired) electrons. The van der Waals surface area contributed by atoms with Crippen LogP contribution >= 0.6 is 0 Å². The number of hydrogen-bond donors (Lipinski definition) is 2. The van der Waals surface area contributed by atoms with Gasteiger partial charge in [0.2, 0.25) is 5.91 Å². The lowest BCUT2D eigenvalue weighted by Crippen LogP contribution is -2.45. The van der Waals surface area contributed by atoms with Gasteiger partial charge >= 0.3 is 12.1 Å². The highest BCUT2D eigenvalue weighted by Crippen LogP contribution is 2.33. The van der Waals surface area contributed by atoms with E-state index in [2.05, 4.69) is 5.32 Å². The first-order valence-electron chi connectivity index (χ1n) is 12.3. The summed E-state index contributed by atoms with van der Waals surface area (Å²) in [5, 5.41) is 12.7. The second-order valence-corrected chi connectivity index (χ2v) is 9.61. The Morgan fingerprint density at radius 2 is 1.66 bits per heavy atom. The van der Waals surface area contributed by atoms with Crippen LogP contribution < -0.4 is 10.2 Å². The van der Waals surface area contributed by atoms with Gasteiger partial charge in [-0.3, -0.25) is 4.79 Å². The first-order chi connectivity index (χ1) is 16.7. The number of alkyl halides is 3. The summed E-state index contributed by atoms with van der Waals surface area (Å²) in [6, 6.07) is 12.4. The van der Waals surface area contributed by atoms with Crippen LogP contribution in [0.5, 0.6) is 0 Å². The molecule has 2 N–H and O–H groups in total. The first-order valence-corrected chi connectivity index (χ1v) is 12.3. The largest absolute Gasteiger partial charge is 0.478 e. The average Bonchev–Trinajstić information content (AvgIpc) is 3.29. The van der Waals surface area contributed by atoms with Gasteiger partial charge in [-0.2, -0.15) is 13.2 Å². The van der Waals surface area contributed by atoms with Gasteiger partial charge in [-0.1, -0.05) is 24.6 Å². The number of aromatic carboxylic acids is 1. The molecular weight excluding hydrogens is 457 g/mol. The molecule has 1 amide bonds. The Morgan fingerprint density at radius 3 is 2.31 bits per heavy atom. The van der Waals surface area contributed by atoms with Crippen molar-refractivity contribution >= 4 is 17.6 Å². The van der Waals surface area contributed by atoms with Crippen LogP contribution in [0.4, 0.5) is 18.9 Å². The molecule has 35 heavy (non-hydrogen) atoms. The topological polar surface area (TPSA) is 69.6 Å². The van der Waals surface area contributed by atoms with Crippen molar-refractivity contribution in [3.8, 4) is 0 Å². The Morgan fingerprint density at radius 1 is 0.971 bits per heavy atom. The van der Waals surface area contributed by atoms with Crippen molar-refractivity contribution in [2.45, 2.75) is 57.2 Å². The minimum atomic E-state index is -4.35. The number of rotatable bonds is 7. The third kappa shape index (κ3) is 6.16. The molecule has 1 saturated carbocycles. The second-order valence-electron chi connectivity index (χ2n) is 9.61. The van der Waals surface area contributed by atoms with Crippen molar-refractivity contribution in [1.29, 1.82) is 0 Å². The molecule has 0 aromatic heterocycles. The molecule has 2 aromatic carbocycles. The summed E-state index contributed by atoms with van der Waals surface area (Å²) in [5.41, 5.74) is 1.25. The molecule has 0 bridgehead atoms. The monoisotopic (exact) mass is 488 g/mol. The van der Waals surface area contributed by atoms with Gasteiger partial charge in [0.1, 0.15) is 0 Å². The number of carboxylic acid groups (broad SMARTS) is 1. The summed E-state index contributed by atoms with van der Waals surface area (Å²) in [7, 11) is 0. The molecule has 1 heterocycles. The fourth-order valence-electron chi connectivity index (χ4n) is 5.42. The molecule has 2 fully saturated rings. The predicted octanol–water partition coefficient (Wildman–Crippen LogP) is 5.54. The van der Waals surface area contributed by atoms with Crippen molar-refractivity contribution in [1.82, 2.24) is 5.32 Å². The van der Waals surface area contributed by atoms with Gasteiger partial charge in [-0.05, 0) is 80.3 Å². The van der Waals surface area contributed by atoms with E-state index in [1.807, 2.05) is 17.0 Å². The van der Waals surface area contributed by atoms with Crippen molar-refractivity contribution in [2.24, 2.45) is 11.8 Å². The number of halogens is 3. The average molecular weight is 489 g/mol. The molecule has 2 aliphatic rings. The van der Waals surface area contributed by atoms with Gasteiger partial charge in [0, 0.05) is 30.7 Å². The lowest BCUT2D eigenvalue weighted by Gasteiger charge is -2.34. The Hall–Kier alpha value is -3.03. The number of amides is 1. The van der Waals surface area contributed by atoms with Gasteiger partial charge in [0.15, 0.2) is 0 Å². The molecule has 5 nitrogen and oxygen atoms in total. The highest BCUT2D eigenvalue weighted by atomic mass is 19.4. The van der Waals surface area contributed by atoms with Gasteiger partial charge < -0.3 is 15.3 Å². The maximum Gasteiger partial charge on any atom is 0.416 e. The van der Waals surface area contributed by atoms with E-state index < -0.39 is 17.7 Å². The quantitative estimate of drug-likeness (QED) is 0.537. The molecule has 8 heteroatoms. The summed E-state index contributed by atoms with van der Waals surface area (Å²) >= 11 is 0. The summed E-state index contributed by atoms with van der Waals surface area (Å²) in [5.74, 6) is -0.637. The Kier molecular flexibility index (Phi) is 7.67. The smallest absolute Gasteiger partial charge is 0.416 e. The fourth-order valence-corrected chi connectivity index (χ4v) is 5.42. The molecule has 188 valence electrons. The normalized spacial score (nSPS) is 21.2. The second kappa shape index (κ2) is 10.7. The maximum absolute atomic E-state index is 13.0.